The zero-order valence-corrected chi connectivity index (χ0v) is 13.0. The third-order valence-corrected chi connectivity index (χ3v) is 4.15. The van der Waals surface area contributed by atoms with Gasteiger partial charge in [0, 0.05) is 11.3 Å². The van der Waals surface area contributed by atoms with Gasteiger partial charge in [0.2, 0.25) is 10.6 Å². The SMILES string of the molecule is Oc1ccc(/C=N\n2c(-c3n[nH]c4c3CCC4)n[nH]c2=S)cc1. The van der Waals surface area contributed by atoms with Gasteiger partial charge in [0.15, 0.2) is 0 Å². The summed E-state index contributed by atoms with van der Waals surface area (Å²) in [5.74, 6) is 0.819. The molecule has 0 radical (unpaired) electrons. The summed E-state index contributed by atoms with van der Waals surface area (Å²) in [5, 5.41) is 28.2. The molecule has 0 saturated heterocycles. The number of H-pyrrole nitrogens is 2. The van der Waals surface area contributed by atoms with Crippen molar-refractivity contribution in [3.8, 4) is 17.3 Å². The topological polar surface area (TPSA) is 94.9 Å². The number of phenols is 1. The van der Waals surface area contributed by atoms with Crippen LogP contribution < -0.4 is 0 Å². The minimum absolute atomic E-state index is 0.217. The van der Waals surface area contributed by atoms with Crippen molar-refractivity contribution >= 4 is 18.4 Å². The van der Waals surface area contributed by atoms with Crippen molar-refractivity contribution in [2.45, 2.75) is 19.3 Å². The van der Waals surface area contributed by atoms with Crippen molar-refractivity contribution in [1.82, 2.24) is 25.1 Å². The zero-order valence-electron chi connectivity index (χ0n) is 12.2. The molecule has 1 aliphatic rings. The highest BCUT2D eigenvalue weighted by atomic mass is 32.1. The van der Waals surface area contributed by atoms with E-state index in [1.165, 1.54) is 11.3 Å². The van der Waals surface area contributed by atoms with Gasteiger partial charge < -0.3 is 5.11 Å². The molecule has 1 aliphatic carbocycles. The van der Waals surface area contributed by atoms with Crippen LogP contribution in [0.2, 0.25) is 0 Å². The van der Waals surface area contributed by atoms with Crippen LogP contribution in [0.3, 0.4) is 0 Å². The van der Waals surface area contributed by atoms with Crippen LogP contribution in [0.25, 0.3) is 11.5 Å². The van der Waals surface area contributed by atoms with Crippen molar-refractivity contribution in [2.24, 2.45) is 5.10 Å². The van der Waals surface area contributed by atoms with Crippen LogP contribution in [-0.4, -0.2) is 36.4 Å². The molecule has 0 fully saturated rings. The minimum Gasteiger partial charge on any atom is -0.508 e. The van der Waals surface area contributed by atoms with Gasteiger partial charge in [0.1, 0.15) is 11.4 Å². The largest absolute Gasteiger partial charge is 0.508 e. The Kier molecular flexibility index (Phi) is 3.30. The molecular formula is C15H14N6OS. The molecule has 116 valence electrons. The fourth-order valence-electron chi connectivity index (χ4n) is 2.74. The third-order valence-electron chi connectivity index (χ3n) is 3.88. The number of nitrogens with zero attached hydrogens (tertiary/aromatic N) is 4. The molecule has 0 spiro atoms. The van der Waals surface area contributed by atoms with Gasteiger partial charge in [-0.15, -0.1) is 0 Å². The van der Waals surface area contributed by atoms with Gasteiger partial charge in [-0.2, -0.15) is 20.0 Å². The first-order valence-corrected chi connectivity index (χ1v) is 7.70. The molecule has 0 atom stereocenters. The number of nitrogens with one attached hydrogen (secondary N) is 2. The minimum atomic E-state index is 0.217. The lowest BCUT2D eigenvalue weighted by Gasteiger charge is -2.00. The Balaban J connectivity index is 1.73. The fourth-order valence-corrected chi connectivity index (χ4v) is 2.92. The van der Waals surface area contributed by atoms with E-state index in [0.717, 1.165) is 30.5 Å². The summed E-state index contributed by atoms with van der Waals surface area (Å²) in [6, 6.07) is 6.76. The second kappa shape index (κ2) is 5.47. The maximum atomic E-state index is 9.32. The molecule has 0 amide bonds. The highest BCUT2D eigenvalue weighted by Crippen LogP contribution is 2.29. The molecule has 23 heavy (non-hydrogen) atoms. The summed E-state index contributed by atoms with van der Waals surface area (Å²) in [4.78, 5) is 0. The van der Waals surface area contributed by atoms with E-state index in [-0.39, 0.29) is 5.75 Å². The van der Waals surface area contributed by atoms with E-state index in [2.05, 4.69) is 25.5 Å². The Hall–Kier alpha value is -2.74. The van der Waals surface area contributed by atoms with Crippen LogP contribution in [0.5, 0.6) is 5.75 Å². The molecule has 1 aromatic carbocycles. The number of hydrogen-bond donors (Lipinski definition) is 3. The molecule has 0 saturated carbocycles. The molecule has 3 N–H and O–H groups in total. The average Bonchev–Trinajstić information content (AvgIpc) is 3.23. The number of aryl methyl sites for hydroxylation is 1. The normalized spacial score (nSPS) is 13.7. The first kappa shape index (κ1) is 13.9. The molecule has 8 heteroatoms. The Morgan fingerprint density at radius 2 is 2.00 bits per heavy atom. The van der Waals surface area contributed by atoms with E-state index in [1.807, 2.05) is 0 Å². The standard InChI is InChI=1S/C15H14N6OS/c22-10-6-4-9(5-7-10)8-16-21-14(19-20-15(21)23)13-11-2-1-3-12(11)17-18-13/h4-8,22H,1-3H2,(H,17,18)(H,20,23)/b16-8-. The maximum Gasteiger partial charge on any atom is 0.216 e. The van der Waals surface area contributed by atoms with E-state index >= 15 is 0 Å². The van der Waals surface area contributed by atoms with Crippen molar-refractivity contribution in [1.29, 1.82) is 0 Å². The van der Waals surface area contributed by atoms with Crippen LogP contribution >= 0.6 is 12.2 Å². The van der Waals surface area contributed by atoms with Crippen LogP contribution in [0.4, 0.5) is 0 Å². The smallest absolute Gasteiger partial charge is 0.216 e. The molecule has 2 heterocycles. The summed E-state index contributed by atoms with van der Waals surface area (Å²) < 4.78 is 1.97. The van der Waals surface area contributed by atoms with Crippen LogP contribution in [0.15, 0.2) is 29.4 Å². The lowest BCUT2D eigenvalue weighted by Crippen LogP contribution is -1.97. The summed E-state index contributed by atoms with van der Waals surface area (Å²) >= 11 is 5.26. The molecule has 3 aromatic rings. The molecule has 0 unspecified atom stereocenters. The number of aromatic hydroxyl groups is 1. The Labute approximate surface area is 136 Å². The maximum absolute atomic E-state index is 9.32. The second-order valence-electron chi connectivity index (χ2n) is 5.38. The van der Waals surface area contributed by atoms with Gasteiger partial charge in [0.05, 0.1) is 6.21 Å². The van der Waals surface area contributed by atoms with E-state index in [0.29, 0.717) is 10.6 Å². The molecule has 7 nitrogen and oxygen atoms in total. The van der Waals surface area contributed by atoms with E-state index in [9.17, 15) is 5.11 Å². The first-order chi connectivity index (χ1) is 11.2. The number of benzene rings is 1. The van der Waals surface area contributed by atoms with E-state index in [1.54, 1.807) is 35.2 Å². The summed E-state index contributed by atoms with van der Waals surface area (Å²) in [6.45, 7) is 0. The van der Waals surface area contributed by atoms with Gasteiger partial charge in [-0.1, -0.05) is 0 Å². The number of hydrogen-bond acceptors (Lipinski definition) is 5. The molecule has 0 bridgehead atoms. The Bertz CT molecular complexity index is 934. The number of fused-ring (bicyclic) bond motifs is 1. The molecular weight excluding hydrogens is 312 g/mol. The van der Waals surface area contributed by atoms with Gasteiger partial charge in [-0.25, -0.2) is 5.10 Å². The summed E-state index contributed by atoms with van der Waals surface area (Å²) in [7, 11) is 0. The van der Waals surface area contributed by atoms with Crippen LogP contribution in [0.1, 0.15) is 23.2 Å². The van der Waals surface area contributed by atoms with Gasteiger partial charge >= 0.3 is 0 Å². The molecule has 0 aliphatic heterocycles. The lowest BCUT2D eigenvalue weighted by molar-refractivity contribution is 0.475. The quantitative estimate of drug-likeness (QED) is 0.509. The van der Waals surface area contributed by atoms with Crippen molar-refractivity contribution < 1.29 is 5.11 Å². The predicted octanol–water partition coefficient (Wildman–Crippen LogP) is 2.41. The number of phenolic OH excluding ortho intramolecular Hbond substituents is 1. The summed E-state index contributed by atoms with van der Waals surface area (Å²) in [6.07, 6.45) is 4.80. The summed E-state index contributed by atoms with van der Waals surface area (Å²) in [5.41, 5.74) is 4.01. The predicted molar refractivity (Wildman–Crippen MR) is 88.1 cm³/mol. The second-order valence-corrected chi connectivity index (χ2v) is 5.77. The van der Waals surface area contributed by atoms with Gasteiger partial charge in [-0.3, -0.25) is 5.10 Å². The highest BCUT2D eigenvalue weighted by Gasteiger charge is 2.23. The molecule has 4 rings (SSSR count). The number of rotatable bonds is 3. The van der Waals surface area contributed by atoms with Gasteiger partial charge in [0.25, 0.3) is 0 Å². The average molecular weight is 326 g/mol. The fraction of sp³-hybridized carbons (Fsp3) is 0.200. The Morgan fingerprint density at radius 1 is 1.17 bits per heavy atom. The van der Waals surface area contributed by atoms with E-state index in [4.69, 9.17) is 12.2 Å². The number of aromatic amines is 2. The first-order valence-electron chi connectivity index (χ1n) is 7.29. The van der Waals surface area contributed by atoms with Crippen LogP contribution in [0, 0.1) is 4.77 Å². The van der Waals surface area contributed by atoms with Gasteiger partial charge in [-0.05, 0) is 61.3 Å². The monoisotopic (exact) mass is 326 g/mol. The number of aromatic nitrogens is 5. The highest BCUT2D eigenvalue weighted by molar-refractivity contribution is 7.71. The zero-order chi connectivity index (χ0) is 15.8. The lowest BCUT2D eigenvalue weighted by atomic mass is 10.2. The van der Waals surface area contributed by atoms with Crippen LogP contribution in [-0.2, 0) is 12.8 Å². The van der Waals surface area contributed by atoms with Crippen molar-refractivity contribution in [3.63, 3.8) is 0 Å². The van der Waals surface area contributed by atoms with E-state index < -0.39 is 0 Å². The third kappa shape index (κ3) is 2.46. The van der Waals surface area contributed by atoms with Crippen molar-refractivity contribution in [2.75, 3.05) is 0 Å². The van der Waals surface area contributed by atoms with Crippen molar-refractivity contribution in [3.05, 3.63) is 45.9 Å². The Morgan fingerprint density at radius 3 is 2.83 bits per heavy atom. The molecule has 2 aromatic heterocycles.